The molecule has 0 unspecified atom stereocenters. The molecule has 0 saturated heterocycles. The summed E-state index contributed by atoms with van der Waals surface area (Å²) in [6, 6.07) is 2.23. The number of rotatable bonds is 4. The van der Waals surface area contributed by atoms with Gasteiger partial charge in [0.05, 0.1) is 11.9 Å². The van der Waals surface area contributed by atoms with E-state index in [1.165, 1.54) is 12.1 Å². The molecule has 0 aliphatic rings. The van der Waals surface area contributed by atoms with Gasteiger partial charge in [0.2, 0.25) is 0 Å². The minimum atomic E-state index is -0.451. The summed E-state index contributed by atoms with van der Waals surface area (Å²) in [6.07, 6.45) is 1.04. The topological polar surface area (TPSA) is 80.0 Å². The highest BCUT2D eigenvalue weighted by Gasteiger charge is 2.17. The maximum absolute atomic E-state index is 12.7. The molecule has 112 valence electrons. The molecular formula is C14H17FN4O2. The number of aromatic nitrogens is 2. The lowest BCUT2D eigenvalue weighted by molar-refractivity contribution is 0.251. The Kier molecular flexibility index (Phi) is 4.52. The van der Waals surface area contributed by atoms with Crippen LogP contribution in [0.4, 0.5) is 15.0 Å². The first-order chi connectivity index (χ1) is 9.97. The van der Waals surface area contributed by atoms with Gasteiger partial charge in [-0.2, -0.15) is 0 Å². The first-order valence-corrected chi connectivity index (χ1v) is 6.56. The number of carbonyl (C=O) groups excluding carboxylic acids is 1. The highest BCUT2D eigenvalue weighted by Crippen LogP contribution is 2.22. The van der Waals surface area contributed by atoms with Gasteiger partial charge in [-0.05, 0) is 26.0 Å². The van der Waals surface area contributed by atoms with Crippen molar-refractivity contribution in [2.45, 2.75) is 26.7 Å². The molecular weight excluding hydrogens is 275 g/mol. The molecule has 2 aromatic rings. The molecule has 6 nitrogen and oxygen atoms in total. The zero-order valence-electron chi connectivity index (χ0n) is 12.1. The maximum atomic E-state index is 12.7. The summed E-state index contributed by atoms with van der Waals surface area (Å²) >= 11 is 0. The SMILES string of the molecule is Cc1noc(C)c1[C@H](C)CNC(=O)Nc1ccc(F)cn1. The zero-order chi connectivity index (χ0) is 15.4. The molecule has 0 aromatic carbocycles. The monoisotopic (exact) mass is 292 g/mol. The fourth-order valence-electron chi connectivity index (χ4n) is 2.15. The van der Waals surface area contributed by atoms with Crippen LogP contribution < -0.4 is 10.6 Å². The third-order valence-electron chi connectivity index (χ3n) is 3.12. The lowest BCUT2D eigenvalue weighted by Crippen LogP contribution is -2.32. The minimum Gasteiger partial charge on any atom is -0.361 e. The largest absolute Gasteiger partial charge is 0.361 e. The van der Waals surface area contributed by atoms with Crippen LogP contribution >= 0.6 is 0 Å². The highest BCUT2D eigenvalue weighted by molar-refractivity contribution is 5.88. The van der Waals surface area contributed by atoms with Crippen molar-refractivity contribution in [3.8, 4) is 0 Å². The van der Waals surface area contributed by atoms with Gasteiger partial charge < -0.3 is 9.84 Å². The van der Waals surface area contributed by atoms with Crippen LogP contribution in [0.1, 0.15) is 29.9 Å². The predicted molar refractivity (Wildman–Crippen MR) is 75.6 cm³/mol. The van der Waals surface area contributed by atoms with Crippen molar-refractivity contribution in [3.05, 3.63) is 41.2 Å². The molecule has 0 saturated carbocycles. The van der Waals surface area contributed by atoms with E-state index >= 15 is 0 Å². The summed E-state index contributed by atoms with van der Waals surface area (Å²) in [7, 11) is 0. The number of pyridine rings is 1. The van der Waals surface area contributed by atoms with Gasteiger partial charge in [0, 0.05) is 18.0 Å². The lowest BCUT2D eigenvalue weighted by Gasteiger charge is -2.13. The van der Waals surface area contributed by atoms with Gasteiger partial charge in [-0.3, -0.25) is 5.32 Å². The molecule has 1 atom stereocenters. The van der Waals surface area contributed by atoms with Crippen molar-refractivity contribution in [1.82, 2.24) is 15.5 Å². The predicted octanol–water partition coefficient (Wildman–Crippen LogP) is 2.75. The standard InChI is InChI=1S/C14H17FN4O2/c1-8(13-9(2)19-21-10(13)3)6-17-14(20)18-12-5-4-11(15)7-16-12/h4-5,7-8H,6H2,1-3H3,(H2,16,17,18,20)/t8-/m1/s1. The second-order valence-electron chi connectivity index (χ2n) is 4.84. The van der Waals surface area contributed by atoms with Gasteiger partial charge in [-0.15, -0.1) is 0 Å². The normalized spacial score (nSPS) is 12.0. The molecule has 2 heterocycles. The third-order valence-corrected chi connectivity index (χ3v) is 3.12. The Balaban J connectivity index is 1.88. The Morgan fingerprint density at radius 1 is 1.43 bits per heavy atom. The lowest BCUT2D eigenvalue weighted by atomic mass is 10.00. The molecule has 0 radical (unpaired) electrons. The van der Waals surface area contributed by atoms with Gasteiger partial charge in [-0.25, -0.2) is 14.2 Å². The van der Waals surface area contributed by atoms with Crippen LogP contribution in [0, 0.1) is 19.7 Å². The van der Waals surface area contributed by atoms with Crippen molar-refractivity contribution in [2.24, 2.45) is 0 Å². The molecule has 2 rings (SSSR count). The van der Waals surface area contributed by atoms with Crippen LogP contribution in [0.3, 0.4) is 0 Å². The number of hydrogen-bond acceptors (Lipinski definition) is 4. The number of hydrogen-bond donors (Lipinski definition) is 2. The molecule has 7 heteroatoms. The van der Waals surface area contributed by atoms with Gasteiger partial charge in [-0.1, -0.05) is 12.1 Å². The summed E-state index contributed by atoms with van der Waals surface area (Å²) < 4.78 is 17.8. The summed E-state index contributed by atoms with van der Waals surface area (Å²) in [6.45, 7) is 6.11. The summed E-state index contributed by atoms with van der Waals surface area (Å²) in [5.74, 6) is 0.664. The van der Waals surface area contributed by atoms with E-state index in [0.717, 1.165) is 23.2 Å². The van der Waals surface area contributed by atoms with Crippen molar-refractivity contribution < 1.29 is 13.7 Å². The summed E-state index contributed by atoms with van der Waals surface area (Å²) in [4.78, 5) is 15.5. The van der Waals surface area contributed by atoms with E-state index in [2.05, 4.69) is 20.8 Å². The van der Waals surface area contributed by atoms with Crippen LogP contribution in [0.5, 0.6) is 0 Å². The molecule has 0 aliphatic heterocycles. The molecule has 2 aromatic heterocycles. The number of halogens is 1. The average molecular weight is 292 g/mol. The van der Waals surface area contributed by atoms with Crippen molar-refractivity contribution in [2.75, 3.05) is 11.9 Å². The van der Waals surface area contributed by atoms with Crippen LogP contribution in [-0.4, -0.2) is 22.7 Å². The van der Waals surface area contributed by atoms with E-state index in [1.54, 1.807) is 0 Å². The number of anilines is 1. The number of nitrogens with zero attached hydrogens (tertiary/aromatic N) is 2. The van der Waals surface area contributed by atoms with E-state index in [1.807, 2.05) is 20.8 Å². The number of nitrogens with one attached hydrogen (secondary N) is 2. The smallest absolute Gasteiger partial charge is 0.320 e. The summed E-state index contributed by atoms with van der Waals surface area (Å²) in [5.41, 5.74) is 1.82. The van der Waals surface area contributed by atoms with Gasteiger partial charge >= 0.3 is 6.03 Å². The Labute approximate surface area is 121 Å². The van der Waals surface area contributed by atoms with E-state index in [0.29, 0.717) is 12.4 Å². The molecule has 2 amide bonds. The number of amides is 2. The second-order valence-corrected chi connectivity index (χ2v) is 4.84. The molecule has 21 heavy (non-hydrogen) atoms. The first kappa shape index (κ1) is 15.0. The number of aryl methyl sites for hydroxylation is 2. The van der Waals surface area contributed by atoms with Crippen molar-refractivity contribution >= 4 is 11.8 Å². The number of urea groups is 1. The molecule has 0 aliphatic carbocycles. The van der Waals surface area contributed by atoms with E-state index in [4.69, 9.17) is 4.52 Å². The van der Waals surface area contributed by atoms with Crippen LogP contribution in [0.2, 0.25) is 0 Å². The maximum Gasteiger partial charge on any atom is 0.320 e. The highest BCUT2D eigenvalue weighted by atomic mass is 19.1. The quantitative estimate of drug-likeness (QED) is 0.908. The Hall–Kier alpha value is -2.44. The summed E-state index contributed by atoms with van der Waals surface area (Å²) in [5, 5.41) is 9.16. The molecule has 0 spiro atoms. The average Bonchev–Trinajstić information content (AvgIpc) is 2.78. The minimum absolute atomic E-state index is 0.0724. The fraction of sp³-hybridized carbons (Fsp3) is 0.357. The fourth-order valence-corrected chi connectivity index (χ4v) is 2.15. The van der Waals surface area contributed by atoms with E-state index in [-0.39, 0.29) is 5.92 Å². The zero-order valence-corrected chi connectivity index (χ0v) is 12.1. The first-order valence-electron chi connectivity index (χ1n) is 6.56. The Bertz CT molecular complexity index is 605. The van der Waals surface area contributed by atoms with Crippen LogP contribution in [0.15, 0.2) is 22.9 Å². The van der Waals surface area contributed by atoms with E-state index < -0.39 is 11.8 Å². The van der Waals surface area contributed by atoms with Crippen molar-refractivity contribution in [1.29, 1.82) is 0 Å². The molecule has 2 N–H and O–H groups in total. The molecule has 0 fully saturated rings. The van der Waals surface area contributed by atoms with E-state index in [9.17, 15) is 9.18 Å². The third kappa shape index (κ3) is 3.77. The van der Waals surface area contributed by atoms with Crippen molar-refractivity contribution in [3.63, 3.8) is 0 Å². The number of carbonyl (C=O) groups is 1. The Morgan fingerprint density at radius 3 is 2.76 bits per heavy atom. The Morgan fingerprint density at radius 2 is 2.19 bits per heavy atom. The van der Waals surface area contributed by atoms with Gasteiger partial charge in [0.1, 0.15) is 17.4 Å². The van der Waals surface area contributed by atoms with Gasteiger partial charge in [0.25, 0.3) is 0 Å². The van der Waals surface area contributed by atoms with Gasteiger partial charge in [0.15, 0.2) is 0 Å². The van der Waals surface area contributed by atoms with Crippen LogP contribution in [0.25, 0.3) is 0 Å². The molecule has 0 bridgehead atoms. The second kappa shape index (κ2) is 6.34. The van der Waals surface area contributed by atoms with Crippen LogP contribution in [-0.2, 0) is 0 Å².